The lowest BCUT2D eigenvalue weighted by atomic mass is 9.93. The van der Waals surface area contributed by atoms with Crippen molar-refractivity contribution >= 4 is 17.3 Å². The number of fused-ring (bicyclic) bond motifs is 1. The third-order valence-corrected chi connectivity index (χ3v) is 4.64. The van der Waals surface area contributed by atoms with Gasteiger partial charge in [0.1, 0.15) is 0 Å². The topological polar surface area (TPSA) is 96.1 Å². The van der Waals surface area contributed by atoms with Crippen LogP contribution in [0.5, 0.6) is 0 Å². The Bertz CT molecular complexity index is 930. The van der Waals surface area contributed by atoms with Gasteiger partial charge in [0, 0.05) is 23.5 Å². The van der Waals surface area contributed by atoms with Crippen molar-refractivity contribution in [1.82, 2.24) is 4.90 Å². The molecule has 0 spiro atoms. The number of nitrogens with two attached hydrogens (primary N) is 2. The average molecular weight is 332 g/mol. The lowest BCUT2D eigenvalue weighted by Crippen LogP contribution is -2.26. The van der Waals surface area contributed by atoms with E-state index in [2.05, 4.69) is 6.58 Å². The van der Waals surface area contributed by atoms with Crippen molar-refractivity contribution in [2.75, 3.05) is 18.0 Å². The summed E-state index contributed by atoms with van der Waals surface area (Å²) in [4.78, 5) is 14.3. The summed E-state index contributed by atoms with van der Waals surface area (Å²) in [6, 6.07) is 9.73. The van der Waals surface area contributed by atoms with Gasteiger partial charge in [-0.3, -0.25) is 4.79 Å². The quantitative estimate of drug-likeness (QED) is 0.666. The zero-order valence-electron chi connectivity index (χ0n) is 14.4. The van der Waals surface area contributed by atoms with Crippen LogP contribution in [0.15, 0.2) is 36.4 Å². The maximum atomic E-state index is 12.7. The van der Waals surface area contributed by atoms with E-state index in [1.807, 2.05) is 38.1 Å². The number of aryl methyl sites for hydroxylation is 2. The Kier molecular flexibility index (Phi) is 3.97. The Hall–Kier alpha value is -3.26. The Morgan fingerprint density at radius 2 is 1.92 bits per heavy atom. The molecule has 2 aromatic carbocycles. The summed E-state index contributed by atoms with van der Waals surface area (Å²) >= 11 is 0. The smallest absolute Gasteiger partial charge is 0.256 e. The minimum Gasteiger partial charge on any atom is -0.398 e. The summed E-state index contributed by atoms with van der Waals surface area (Å²) < 4.78 is 0. The highest BCUT2D eigenvalue weighted by atomic mass is 16.2. The Morgan fingerprint density at radius 3 is 2.52 bits per heavy atom. The number of hydrogen-bond donors (Lipinski definition) is 2. The average Bonchev–Trinajstić information content (AvgIpc) is 2.90. The molecule has 0 aliphatic carbocycles. The zero-order valence-corrected chi connectivity index (χ0v) is 14.4. The second-order valence-corrected chi connectivity index (χ2v) is 6.46. The molecule has 5 heteroatoms. The molecule has 126 valence electrons. The van der Waals surface area contributed by atoms with Crippen molar-refractivity contribution in [3.8, 4) is 17.2 Å². The van der Waals surface area contributed by atoms with Gasteiger partial charge in [0.2, 0.25) is 0 Å². The van der Waals surface area contributed by atoms with Crippen LogP contribution in [0.3, 0.4) is 0 Å². The molecule has 1 heterocycles. The summed E-state index contributed by atoms with van der Waals surface area (Å²) in [5, 5.41) is 8.95. The van der Waals surface area contributed by atoms with Crippen LogP contribution in [-0.4, -0.2) is 17.4 Å². The van der Waals surface area contributed by atoms with Gasteiger partial charge < -0.3 is 16.4 Å². The predicted molar refractivity (Wildman–Crippen MR) is 99.7 cm³/mol. The first kappa shape index (κ1) is 16.6. The second kappa shape index (κ2) is 5.99. The Balaban J connectivity index is 2.12. The molecule has 2 aromatic rings. The van der Waals surface area contributed by atoms with Crippen molar-refractivity contribution in [2.24, 2.45) is 0 Å². The van der Waals surface area contributed by atoms with Crippen LogP contribution in [0.2, 0.25) is 0 Å². The normalized spacial score (nSPS) is 12.8. The molecule has 3 rings (SSSR count). The monoisotopic (exact) mass is 332 g/mol. The highest BCUT2D eigenvalue weighted by Crippen LogP contribution is 2.37. The van der Waals surface area contributed by atoms with Crippen molar-refractivity contribution < 1.29 is 4.79 Å². The fourth-order valence-electron chi connectivity index (χ4n) is 3.30. The number of nitrogens with zero attached hydrogens (tertiary/aromatic N) is 2. The number of rotatable bonds is 3. The van der Waals surface area contributed by atoms with Crippen LogP contribution in [-0.2, 0) is 6.54 Å². The van der Waals surface area contributed by atoms with Gasteiger partial charge in [-0.25, -0.2) is 0 Å². The maximum absolute atomic E-state index is 12.7. The van der Waals surface area contributed by atoms with Crippen LogP contribution < -0.4 is 11.5 Å². The number of nitrogen functional groups attached to an aromatic ring is 2. The highest BCUT2D eigenvalue weighted by Gasteiger charge is 2.32. The second-order valence-electron chi connectivity index (χ2n) is 6.46. The highest BCUT2D eigenvalue weighted by molar-refractivity contribution is 6.05. The number of anilines is 2. The van der Waals surface area contributed by atoms with E-state index in [-0.39, 0.29) is 12.5 Å². The van der Waals surface area contributed by atoms with Crippen LogP contribution >= 0.6 is 0 Å². The number of hydrogen-bond acceptors (Lipinski definition) is 4. The first-order valence-electron chi connectivity index (χ1n) is 7.99. The molecule has 1 aliphatic rings. The van der Waals surface area contributed by atoms with Crippen LogP contribution in [0.25, 0.3) is 11.1 Å². The molecule has 0 radical (unpaired) electrons. The lowest BCUT2D eigenvalue weighted by molar-refractivity contribution is 0.0795. The fourth-order valence-corrected chi connectivity index (χ4v) is 3.30. The Morgan fingerprint density at radius 1 is 1.28 bits per heavy atom. The van der Waals surface area contributed by atoms with Crippen molar-refractivity contribution in [1.29, 1.82) is 5.26 Å². The molecule has 25 heavy (non-hydrogen) atoms. The molecule has 1 aliphatic heterocycles. The first-order valence-corrected chi connectivity index (χ1v) is 7.99. The van der Waals surface area contributed by atoms with E-state index in [1.165, 1.54) is 0 Å². The summed E-state index contributed by atoms with van der Waals surface area (Å²) in [7, 11) is 0. The summed E-state index contributed by atoms with van der Waals surface area (Å²) in [5.74, 6) is -0.158. The molecular formula is C20H20N4O. The van der Waals surface area contributed by atoms with Crippen molar-refractivity contribution in [2.45, 2.75) is 20.4 Å². The lowest BCUT2D eigenvalue weighted by Gasteiger charge is -2.15. The number of nitriles is 1. The summed E-state index contributed by atoms with van der Waals surface area (Å²) in [5.41, 5.74) is 19.1. The Labute approximate surface area is 147 Å². The third-order valence-electron chi connectivity index (χ3n) is 4.64. The van der Waals surface area contributed by atoms with Gasteiger partial charge in [-0.1, -0.05) is 12.6 Å². The first-order chi connectivity index (χ1) is 11.8. The molecule has 4 N–H and O–H groups in total. The summed E-state index contributed by atoms with van der Waals surface area (Å²) in [6.45, 7) is 8.24. The van der Waals surface area contributed by atoms with Crippen LogP contribution in [0.1, 0.15) is 27.0 Å². The fraction of sp³-hybridized carbons (Fsp3) is 0.200. The number of benzene rings is 2. The molecule has 5 nitrogen and oxygen atoms in total. The molecule has 0 aromatic heterocycles. The van der Waals surface area contributed by atoms with E-state index in [0.29, 0.717) is 23.4 Å². The minimum atomic E-state index is -0.158. The maximum Gasteiger partial charge on any atom is 0.256 e. The number of carbonyl (C=O) groups is 1. The van der Waals surface area contributed by atoms with E-state index in [9.17, 15) is 4.79 Å². The van der Waals surface area contributed by atoms with Gasteiger partial charge in [0.05, 0.1) is 18.2 Å². The summed E-state index contributed by atoms with van der Waals surface area (Å²) in [6.07, 6.45) is 0. The molecule has 0 bridgehead atoms. The molecule has 0 unspecified atom stereocenters. The van der Waals surface area contributed by atoms with Crippen LogP contribution in [0.4, 0.5) is 11.4 Å². The third kappa shape index (κ3) is 2.72. The van der Waals surface area contributed by atoms with E-state index < -0.39 is 0 Å². The standard InChI is InChI=1S/C20H20N4O/c1-11(8-21)9-24-10-16-15(4-5-17(22)18(16)20(24)25)14-6-12(2)19(23)13(3)7-14/h4-7H,1,9-10,22-23H2,2-3H3. The predicted octanol–water partition coefficient (Wildman–Crippen LogP) is 3.17. The van der Waals surface area contributed by atoms with E-state index in [4.69, 9.17) is 16.7 Å². The molecule has 0 saturated heterocycles. The van der Waals surface area contributed by atoms with Gasteiger partial charge in [-0.05, 0) is 59.9 Å². The van der Waals surface area contributed by atoms with Crippen molar-refractivity contribution in [3.05, 3.63) is 58.7 Å². The largest absolute Gasteiger partial charge is 0.398 e. The molecule has 0 atom stereocenters. The minimum absolute atomic E-state index is 0.158. The van der Waals surface area contributed by atoms with Gasteiger partial charge in [0.15, 0.2) is 0 Å². The molecule has 0 fully saturated rings. The van der Waals surface area contributed by atoms with E-state index in [1.54, 1.807) is 11.0 Å². The van der Waals surface area contributed by atoms with Gasteiger partial charge >= 0.3 is 0 Å². The molecular weight excluding hydrogens is 312 g/mol. The van der Waals surface area contributed by atoms with E-state index in [0.717, 1.165) is 33.5 Å². The van der Waals surface area contributed by atoms with Gasteiger partial charge in [0.25, 0.3) is 5.91 Å². The SMILES string of the molecule is C=C(C#N)CN1Cc2c(-c3cc(C)c(N)c(C)c3)ccc(N)c2C1=O. The number of carbonyl (C=O) groups excluding carboxylic acids is 1. The van der Waals surface area contributed by atoms with Gasteiger partial charge in [-0.15, -0.1) is 0 Å². The van der Waals surface area contributed by atoms with E-state index >= 15 is 0 Å². The van der Waals surface area contributed by atoms with Crippen LogP contribution in [0, 0.1) is 25.2 Å². The number of amides is 1. The molecule has 0 saturated carbocycles. The molecule has 1 amide bonds. The van der Waals surface area contributed by atoms with Crippen molar-refractivity contribution in [3.63, 3.8) is 0 Å². The zero-order chi connectivity index (χ0) is 18.3. The van der Waals surface area contributed by atoms with Gasteiger partial charge in [-0.2, -0.15) is 5.26 Å².